The van der Waals surface area contributed by atoms with Gasteiger partial charge in [0.25, 0.3) is 0 Å². The largest absolute Gasteiger partial charge is 0.492 e. The van der Waals surface area contributed by atoms with Crippen molar-refractivity contribution in [3.63, 3.8) is 0 Å². The van der Waals surface area contributed by atoms with E-state index in [2.05, 4.69) is 23.6 Å². The van der Waals surface area contributed by atoms with E-state index >= 15 is 0 Å². The molecule has 0 radical (unpaired) electrons. The summed E-state index contributed by atoms with van der Waals surface area (Å²) in [4.78, 5) is 5.35. The van der Waals surface area contributed by atoms with Gasteiger partial charge in [0.05, 0.1) is 5.56 Å². The average molecular weight is 307 g/mol. The van der Waals surface area contributed by atoms with E-state index in [9.17, 15) is 0 Å². The van der Waals surface area contributed by atoms with Gasteiger partial charge in [0, 0.05) is 38.8 Å². The van der Waals surface area contributed by atoms with Crippen LogP contribution < -0.4 is 10.5 Å². The SMILES string of the molecule is CC(C)N1CCN(CCOc2ccccc2C(N)=S)CC1. The number of ether oxygens (including phenoxy) is 1. The first-order valence-electron chi connectivity index (χ1n) is 7.56. The number of piperazine rings is 1. The summed E-state index contributed by atoms with van der Waals surface area (Å²) in [6.07, 6.45) is 0. The second kappa shape index (κ2) is 7.73. The Kier molecular flexibility index (Phi) is 5.96. The Bertz CT molecular complexity index is 470. The summed E-state index contributed by atoms with van der Waals surface area (Å²) < 4.78 is 5.85. The monoisotopic (exact) mass is 307 g/mol. The van der Waals surface area contributed by atoms with Crippen LogP contribution in [0.3, 0.4) is 0 Å². The molecule has 2 N–H and O–H groups in total. The van der Waals surface area contributed by atoms with Crippen LogP contribution in [0.1, 0.15) is 19.4 Å². The van der Waals surface area contributed by atoms with E-state index in [-0.39, 0.29) is 0 Å². The number of hydrogen-bond donors (Lipinski definition) is 1. The van der Waals surface area contributed by atoms with Gasteiger partial charge in [-0.1, -0.05) is 24.4 Å². The molecule has 2 rings (SSSR count). The van der Waals surface area contributed by atoms with E-state index in [0.29, 0.717) is 17.6 Å². The number of rotatable bonds is 6. The summed E-state index contributed by atoms with van der Waals surface area (Å²) in [7, 11) is 0. The standard InChI is InChI=1S/C16H25N3OS/c1-13(2)19-9-7-18(8-10-19)11-12-20-15-6-4-3-5-14(15)16(17)21/h3-6,13H,7-12H2,1-2H3,(H2,17,21). The minimum atomic E-state index is 0.385. The Hall–Kier alpha value is -1.17. The van der Waals surface area contributed by atoms with Gasteiger partial charge < -0.3 is 10.5 Å². The second-order valence-corrected chi connectivity index (χ2v) is 6.12. The summed E-state index contributed by atoms with van der Waals surface area (Å²) in [6, 6.07) is 8.33. The van der Waals surface area contributed by atoms with Gasteiger partial charge in [-0.05, 0) is 26.0 Å². The predicted molar refractivity (Wildman–Crippen MR) is 91.0 cm³/mol. The van der Waals surface area contributed by atoms with Gasteiger partial charge >= 0.3 is 0 Å². The van der Waals surface area contributed by atoms with Crippen LogP contribution in [0.2, 0.25) is 0 Å². The van der Waals surface area contributed by atoms with Crippen LogP contribution in [0.25, 0.3) is 0 Å². The predicted octanol–water partition coefficient (Wildman–Crippen LogP) is 1.73. The molecule has 1 aliphatic rings. The van der Waals surface area contributed by atoms with Gasteiger partial charge in [0.1, 0.15) is 17.3 Å². The minimum absolute atomic E-state index is 0.385. The van der Waals surface area contributed by atoms with E-state index in [1.165, 1.54) is 0 Å². The van der Waals surface area contributed by atoms with Crippen LogP contribution >= 0.6 is 12.2 Å². The van der Waals surface area contributed by atoms with E-state index in [4.69, 9.17) is 22.7 Å². The number of nitrogens with two attached hydrogens (primary N) is 1. The Morgan fingerprint density at radius 2 is 1.90 bits per heavy atom. The highest BCUT2D eigenvalue weighted by Crippen LogP contribution is 2.17. The number of benzene rings is 1. The molecule has 1 saturated heterocycles. The van der Waals surface area contributed by atoms with Crippen molar-refractivity contribution >= 4 is 17.2 Å². The quantitative estimate of drug-likeness (QED) is 0.811. The normalized spacial score (nSPS) is 17.1. The maximum absolute atomic E-state index is 5.85. The van der Waals surface area contributed by atoms with Gasteiger partial charge in [-0.15, -0.1) is 0 Å². The lowest BCUT2D eigenvalue weighted by molar-refractivity contribution is 0.0971. The molecular formula is C16H25N3OS. The molecule has 0 spiro atoms. The van der Waals surface area contributed by atoms with Crippen molar-refractivity contribution in [3.05, 3.63) is 29.8 Å². The lowest BCUT2D eigenvalue weighted by Crippen LogP contribution is -2.49. The Morgan fingerprint density at radius 1 is 1.24 bits per heavy atom. The average Bonchev–Trinajstić information content (AvgIpc) is 2.48. The van der Waals surface area contributed by atoms with Crippen molar-refractivity contribution in [1.29, 1.82) is 0 Å². The van der Waals surface area contributed by atoms with Gasteiger partial charge in [-0.2, -0.15) is 0 Å². The van der Waals surface area contributed by atoms with Gasteiger partial charge in [0.2, 0.25) is 0 Å². The molecule has 0 amide bonds. The summed E-state index contributed by atoms with van der Waals surface area (Å²) >= 11 is 5.04. The van der Waals surface area contributed by atoms with E-state index in [1.807, 2.05) is 24.3 Å². The molecule has 5 heteroatoms. The van der Waals surface area contributed by atoms with Gasteiger partial charge in [0.15, 0.2) is 0 Å². The summed E-state index contributed by atoms with van der Waals surface area (Å²) in [6.45, 7) is 10.6. The zero-order valence-corrected chi connectivity index (χ0v) is 13.7. The van der Waals surface area contributed by atoms with Crippen LogP contribution in [0.5, 0.6) is 5.75 Å². The Balaban J connectivity index is 1.77. The first-order chi connectivity index (χ1) is 10.1. The highest BCUT2D eigenvalue weighted by Gasteiger charge is 2.18. The van der Waals surface area contributed by atoms with Crippen LogP contribution in [0, 0.1) is 0 Å². The van der Waals surface area contributed by atoms with E-state index in [0.717, 1.165) is 44.0 Å². The molecule has 1 aliphatic heterocycles. The summed E-state index contributed by atoms with van der Waals surface area (Å²) in [5, 5.41) is 0. The molecule has 0 aromatic heterocycles. The molecule has 0 unspecified atom stereocenters. The third-order valence-electron chi connectivity index (χ3n) is 3.95. The van der Waals surface area contributed by atoms with Crippen molar-refractivity contribution in [3.8, 4) is 5.75 Å². The third-order valence-corrected chi connectivity index (χ3v) is 4.17. The van der Waals surface area contributed by atoms with Crippen molar-refractivity contribution in [2.24, 2.45) is 5.73 Å². The maximum Gasteiger partial charge on any atom is 0.129 e. The molecule has 4 nitrogen and oxygen atoms in total. The minimum Gasteiger partial charge on any atom is -0.492 e. The smallest absolute Gasteiger partial charge is 0.129 e. The molecule has 0 bridgehead atoms. The molecule has 0 aliphatic carbocycles. The molecule has 1 aromatic rings. The lowest BCUT2D eigenvalue weighted by atomic mass is 10.2. The number of para-hydroxylation sites is 1. The van der Waals surface area contributed by atoms with E-state index in [1.54, 1.807) is 0 Å². The van der Waals surface area contributed by atoms with Crippen LogP contribution in [-0.2, 0) is 0 Å². The zero-order valence-electron chi connectivity index (χ0n) is 12.9. The van der Waals surface area contributed by atoms with Crippen molar-refractivity contribution in [2.75, 3.05) is 39.3 Å². The van der Waals surface area contributed by atoms with Crippen LogP contribution in [0.4, 0.5) is 0 Å². The molecule has 1 heterocycles. The molecule has 21 heavy (non-hydrogen) atoms. The van der Waals surface area contributed by atoms with Gasteiger partial charge in [-0.3, -0.25) is 9.80 Å². The molecule has 1 aromatic carbocycles. The fourth-order valence-corrected chi connectivity index (χ4v) is 2.75. The number of thiocarbonyl (C=S) groups is 1. The molecule has 0 saturated carbocycles. The van der Waals surface area contributed by atoms with E-state index < -0.39 is 0 Å². The first kappa shape index (κ1) is 16.2. The molecule has 0 atom stereocenters. The molecule has 116 valence electrons. The summed E-state index contributed by atoms with van der Waals surface area (Å²) in [5.41, 5.74) is 6.52. The Morgan fingerprint density at radius 3 is 2.52 bits per heavy atom. The maximum atomic E-state index is 5.85. The topological polar surface area (TPSA) is 41.7 Å². The number of nitrogens with zero attached hydrogens (tertiary/aromatic N) is 2. The fraction of sp³-hybridized carbons (Fsp3) is 0.562. The van der Waals surface area contributed by atoms with Crippen molar-refractivity contribution in [1.82, 2.24) is 9.80 Å². The van der Waals surface area contributed by atoms with Gasteiger partial charge in [-0.25, -0.2) is 0 Å². The fourth-order valence-electron chi connectivity index (χ4n) is 2.58. The highest BCUT2D eigenvalue weighted by molar-refractivity contribution is 7.80. The first-order valence-corrected chi connectivity index (χ1v) is 7.97. The second-order valence-electron chi connectivity index (χ2n) is 5.68. The highest BCUT2D eigenvalue weighted by atomic mass is 32.1. The lowest BCUT2D eigenvalue weighted by Gasteiger charge is -2.36. The van der Waals surface area contributed by atoms with Crippen LogP contribution in [0.15, 0.2) is 24.3 Å². The number of hydrogen-bond acceptors (Lipinski definition) is 4. The molecular weight excluding hydrogens is 282 g/mol. The third kappa shape index (κ3) is 4.66. The Labute approximate surface area is 132 Å². The zero-order chi connectivity index (χ0) is 15.2. The van der Waals surface area contributed by atoms with Crippen molar-refractivity contribution < 1.29 is 4.74 Å². The van der Waals surface area contributed by atoms with Crippen molar-refractivity contribution in [2.45, 2.75) is 19.9 Å². The summed E-state index contributed by atoms with van der Waals surface area (Å²) in [5.74, 6) is 0.783. The van der Waals surface area contributed by atoms with Crippen LogP contribution in [-0.4, -0.2) is 60.2 Å². The molecule has 1 fully saturated rings.